The summed E-state index contributed by atoms with van der Waals surface area (Å²) in [6.45, 7) is 4.63. The summed E-state index contributed by atoms with van der Waals surface area (Å²) in [5.74, 6) is 1.12. The van der Waals surface area contributed by atoms with Crippen molar-refractivity contribution in [3.63, 3.8) is 0 Å². The van der Waals surface area contributed by atoms with E-state index in [1.807, 2.05) is 50.2 Å². The van der Waals surface area contributed by atoms with Crippen LogP contribution in [0, 0.1) is 19.8 Å². The van der Waals surface area contributed by atoms with Gasteiger partial charge < -0.3 is 14.4 Å². The van der Waals surface area contributed by atoms with Crippen LogP contribution in [0.4, 0.5) is 0 Å². The van der Waals surface area contributed by atoms with E-state index in [1.54, 1.807) is 4.90 Å². The third-order valence-electron chi connectivity index (χ3n) is 5.22. The van der Waals surface area contributed by atoms with Crippen molar-refractivity contribution in [1.82, 2.24) is 20.1 Å². The number of likely N-dealkylation sites (tertiary alicyclic amines) is 1. The number of hydrogen-bond acceptors (Lipinski definition) is 5. The maximum atomic E-state index is 12.8. The Morgan fingerprint density at radius 3 is 2.79 bits per heavy atom. The number of benzene rings is 1. The topological polar surface area (TPSA) is 95.2 Å². The van der Waals surface area contributed by atoms with Crippen LogP contribution < -0.4 is 0 Å². The maximum absolute atomic E-state index is 12.8. The average molecular weight is 380 g/mol. The molecule has 0 bridgehead atoms. The molecule has 7 nitrogen and oxygen atoms in total. The van der Waals surface area contributed by atoms with Gasteiger partial charge in [0, 0.05) is 30.3 Å². The molecule has 7 heteroatoms. The number of β-amino-alcohol motifs (C(OH)–C–C–N with tert-alkyl or cyclic N) is 1. The first-order chi connectivity index (χ1) is 13.5. The number of nitrogens with zero attached hydrogens (tertiary/aromatic N) is 3. The number of aromatic nitrogens is 3. The van der Waals surface area contributed by atoms with E-state index in [1.165, 1.54) is 0 Å². The Labute approximate surface area is 163 Å². The van der Waals surface area contributed by atoms with E-state index in [0.29, 0.717) is 36.9 Å². The lowest BCUT2D eigenvalue weighted by molar-refractivity contribution is -0.129. The second kappa shape index (κ2) is 7.59. The molecule has 146 valence electrons. The zero-order chi connectivity index (χ0) is 19.7. The number of aromatic amines is 1. The highest BCUT2D eigenvalue weighted by Gasteiger charge is 2.34. The molecular weight excluding hydrogens is 356 g/mol. The van der Waals surface area contributed by atoms with E-state index < -0.39 is 6.10 Å². The van der Waals surface area contributed by atoms with Crippen LogP contribution in [0.15, 0.2) is 40.8 Å². The SMILES string of the molecule is Cc1cc(C[C@@H]2CN(C(=O)Cc3nc(-c4ccccc4)oc3C)C[C@@H]2O)n[nH]1. The van der Waals surface area contributed by atoms with Gasteiger partial charge in [-0.3, -0.25) is 9.89 Å². The normalized spacial score (nSPS) is 19.3. The van der Waals surface area contributed by atoms with Gasteiger partial charge in [-0.15, -0.1) is 0 Å². The Hall–Kier alpha value is -2.93. The fourth-order valence-electron chi connectivity index (χ4n) is 3.66. The quantitative estimate of drug-likeness (QED) is 0.708. The fourth-order valence-corrected chi connectivity index (χ4v) is 3.66. The molecule has 1 aromatic carbocycles. The Morgan fingerprint density at radius 2 is 2.07 bits per heavy atom. The molecule has 1 saturated heterocycles. The molecule has 2 aromatic heterocycles. The van der Waals surface area contributed by atoms with E-state index in [9.17, 15) is 9.90 Å². The summed E-state index contributed by atoms with van der Waals surface area (Å²) in [6, 6.07) is 11.6. The Bertz CT molecular complexity index is 963. The summed E-state index contributed by atoms with van der Waals surface area (Å²) < 4.78 is 5.74. The van der Waals surface area contributed by atoms with Crippen LogP contribution in [0.3, 0.4) is 0 Å². The monoisotopic (exact) mass is 380 g/mol. The van der Waals surface area contributed by atoms with Gasteiger partial charge in [0.25, 0.3) is 0 Å². The molecule has 1 amide bonds. The summed E-state index contributed by atoms with van der Waals surface area (Å²) in [6.07, 6.45) is 0.277. The third-order valence-corrected chi connectivity index (χ3v) is 5.22. The largest absolute Gasteiger partial charge is 0.441 e. The van der Waals surface area contributed by atoms with Crippen molar-refractivity contribution < 1.29 is 14.3 Å². The second-order valence-electron chi connectivity index (χ2n) is 7.44. The van der Waals surface area contributed by atoms with Crippen LogP contribution in [0.1, 0.15) is 22.8 Å². The van der Waals surface area contributed by atoms with E-state index in [-0.39, 0.29) is 18.2 Å². The maximum Gasteiger partial charge on any atom is 0.228 e. The molecule has 0 saturated carbocycles. The number of H-pyrrole nitrogens is 1. The van der Waals surface area contributed by atoms with Crippen molar-refractivity contribution in [1.29, 1.82) is 0 Å². The van der Waals surface area contributed by atoms with Crippen molar-refractivity contribution in [3.05, 3.63) is 59.2 Å². The lowest BCUT2D eigenvalue weighted by Gasteiger charge is -2.15. The minimum Gasteiger partial charge on any atom is -0.441 e. The minimum absolute atomic E-state index is 0.00932. The summed E-state index contributed by atoms with van der Waals surface area (Å²) in [4.78, 5) is 19.0. The number of rotatable bonds is 5. The molecule has 3 heterocycles. The molecular formula is C21H24N4O3. The van der Waals surface area contributed by atoms with Gasteiger partial charge in [-0.25, -0.2) is 4.98 Å². The van der Waals surface area contributed by atoms with E-state index in [0.717, 1.165) is 17.0 Å². The Kier molecular flexibility index (Phi) is 5.00. The number of aliphatic hydroxyl groups excluding tert-OH is 1. The fraction of sp³-hybridized carbons (Fsp3) is 0.381. The molecule has 1 aliphatic heterocycles. The number of carbonyl (C=O) groups excluding carboxylic acids is 1. The van der Waals surface area contributed by atoms with Gasteiger partial charge >= 0.3 is 0 Å². The Morgan fingerprint density at radius 1 is 1.29 bits per heavy atom. The molecule has 4 rings (SSSR count). The van der Waals surface area contributed by atoms with Gasteiger partial charge in [-0.1, -0.05) is 18.2 Å². The van der Waals surface area contributed by atoms with E-state index in [2.05, 4.69) is 15.2 Å². The number of amides is 1. The van der Waals surface area contributed by atoms with E-state index in [4.69, 9.17) is 4.42 Å². The van der Waals surface area contributed by atoms with Crippen LogP contribution in [-0.2, 0) is 17.6 Å². The summed E-state index contributed by atoms with van der Waals surface area (Å²) in [5, 5.41) is 17.5. The lowest BCUT2D eigenvalue weighted by atomic mass is 10.0. The number of oxazole rings is 1. The molecule has 0 spiro atoms. The van der Waals surface area contributed by atoms with Crippen LogP contribution >= 0.6 is 0 Å². The minimum atomic E-state index is -0.542. The van der Waals surface area contributed by atoms with Crippen LogP contribution in [-0.4, -0.2) is 50.3 Å². The zero-order valence-corrected chi connectivity index (χ0v) is 16.1. The number of aliphatic hydroxyl groups is 1. The smallest absolute Gasteiger partial charge is 0.228 e. The van der Waals surface area contributed by atoms with Gasteiger partial charge in [-0.2, -0.15) is 5.10 Å². The molecule has 1 aliphatic rings. The standard InChI is InChI=1S/C21H24N4O3/c1-13-8-17(24-23-13)9-16-11-25(12-19(16)26)20(27)10-18-14(2)28-21(22-18)15-6-4-3-5-7-15/h3-8,16,19,26H,9-12H2,1-2H3,(H,23,24)/t16-,19+/m1/s1. The highest BCUT2D eigenvalue weighted by molar-refractivity contribution is 5.79. The van der Waals surface area contributed by atoms with Crippen molar-refractivity contribution in [3.8, 4) is 11.5 Å². The summed E-state index contributed by atoms with van der Waals surface area (Å²) in [7, 11) is 0. The van der Waals surface area contributed by atoms with Gasteiger partial charge in [-0.05, 0) is 38.5 Å². The van der Waals surface area contributed by atoms with Crippen LogP contribution in [0.5, 0.6) is 0 Å². The number of carbonyl (C=O) groups is 1. The Balaban J connectivity index is 1.41. The van der Waals surface area contributed by atoms with Crippen LogP contribution in [0.25, 0.3) is 11.5 Å². The predicted molar refractivity (Wildman–Crippen MR) is 103 cm³/mol. The zero-order valence-electron chi connectivity index (χ0n) is 16.1. The molecule has 0 unspecified atom stereocenters. The molecule has 2 atom stereocenters. The van der Waals surface area contributed by atoms with Crippen molar-refractivity contribution >= 4 is 5.91 Å². The average Bonchev–Trinajstić information content (AvgIpc) is 3.36. The highest BCUT2D eigenvalue weighted by atomic mass is 16.4. The highest BCUT2D eigenvalue weighted by Crippen LogP contribution is 2.24. The first kappa shape index (κ1) is 18.4. The van der Waals surface area contributed by atoms with Gasteiger partial charge in [0.15, 0.2) is 0 Å². The third kappa shape index (κ3) is 3.84. The number of aryl methyl sites for hydroxylation is 2. The first-order valence-electron chi connectivity index (χ1n) is 9.48. The van der Waals surface area contributed by atoms with Crippen molar-refractivity contribution in [2.75, 3.05) is 13.1 Å². The van der Waals surface area contributed by atoms with E-state index >= 15 is 0 Å². The van der Waals surface area contributed by atoms with Crippen molar-refractivity contribution in [2.24, 2.45) is 5.92 Å². The predicted octanol–water partition coefficient (Wildman–Crippen LogP) is 2.29. The lowest BCUT2D eigenvalue weighted by Crippen LogP contribution is -2.31. The van der Waals surface area contributed by atoms with Gasteiger partial charge in [0.1, 0.15) is 5.76 Å². The van der Waals surface area contributed by atoms with Crippen LogP contribution in [0.2, 0.25) is 0 Å². The van der Waals surface area contributed by atoms with Gasteiger partial charge in [0.05, 0.1) is 23.9 Å². The van der Waals surface area contributed by atoms with Gasteiger partial charge in [0.2, 0.25) is 11.8 Å². The summed E-state index contributed by atoms with van der Waals surface area (Å²) >= 11 is 0. The molecule has 0 aliphatic carbocycles. The second-order valence-corrected chi connectivity index (χ2v) is 7.44. The summed E-state index contributed by atoms with van der Waals surface area (Å²) in [5.41, 5.74) is 3.43. The number of nitrogens with one attached hydrogen (secondary N) is 1. The molecule has 3 aromatic rings. The number of hydrogen-bond donors (Lipinski definition) is 2. The molecule has 2 N–H and O–H groups in total. The molecule has 28 heavy (non-hydrogen) atoms. The first-order valence-corrected chi connectivity index (χ1v) is 9.48. The van der Waals surface area contributed by atoms with Crippen molar-refractivity contribution in [2.45, 2.75) is 32.8 Å². The molecule has 1 fully saturated rings. The molecule has 0 radical (unpaired) electrons.